The lowest BCUT2D eigenvalue weighted by Crippen LogP contribution is -2.14. The van der Waals surface area contributed by atoms with Gasteiger partial charge >= 0.3 is 5.97 Å². The van der Waals surface area contributed by atoms with Crippen LogP contribution >= 0.6 is 0 Å². The molecule has 0 heterocycles. The molecule has 0 spiro atoms. The van der Waals surface area contributed by atoms with Crippen molar-refractivity contribution in [3.05, 3.63) is 0 Å². The molecule has 0 N–H and O–H groups in total. The fraction of sp³-hybridized carbons (Fsp3) is 0.944. The molecule has 0 saturated heterocycles. The van der Waals surface area contributed by atoms with E-state index in [4.69, 9.17) is 18.9 Å². The predicted octanol–water partition coefficient (Wildman–Crippen LogP) is 3.74. The van der Waals surface area contributed by atoms with Crippen LogP contribution in [-0.4, -0.2) is 52.2 Å². The van der Waals surface area contributed by atoms with Gasteiger partial charge in [-0.1, -0.05) is 46.0 Å². The van der Waals surface area contributed by atoms with Crippen LogP contribution in [0.15, 0.2) is 0 Å². The van der Waals surface area contributed by atoms with Crippen molar-refractivity contribution in [1.29, 1.82) is 0 Å². The van der Waals surface area contributed by atoms with Crippen molar-refractivity contribution < 1.29 is 23.7 Å². The average Bonchev–Trinajstić information content (AvgIpc) is 2.55. The van der Waals surface area contributed by atoms with Crippen LogP contribution in [0.25, 0.3) is 0 Å². The molecule has 0 aromatic rings. The van der Waals surface area contributed by atoms with Crippen LogP contribution in [-0.2, 0) is 23.7 Å². The molecule has 0 saturated carbocycles. The summed E-state index contributed by atoms with van der Waals surface area (Å²) in [5.41, 5.74) is 0. The molecule has 0 aliphatic carbocycles. The molecule has 0 aliphatic rings. The third-order valence-corrected chi connectivity index (χ3v) is 3.36. The van der Waals surface area contributed by atoms with Gasteiger partial charge in [0, 0.05) is 13.0 Å². The Labute approximate surface area is 142 Å². The molecule has 0 aromatic heterocycles. The quantitative estimate of drug-likeness (QED) is 0.283. The Morgan fingerprint density at radius 3 is 1.74 bits per heavy atom. The standard InChI is InChI=1S/C18H36O5/c1-3-5-7-9-11-20-12-13-21-14-15-22-16-17-23-18(19)10-8-6-4-2/h3-17H2,1-2H3. The van der Waals surface area contributed by atoms with E-state index in [-0.39, 0.29) is 5.97 Å². The Hall–Kier alpha value is -0.650. The van der Waals surface area contributed by atoms with E-state index in [1.165, 1.54) is 19.3 Å². The number of carbonyl (C=O) groups excluding carboxylic acids is 1. The number of rotatable bonds is 18. The van der Waals surface area contributed by atoms with Crippen molar-refractivity contribution in [2.75, 3.05) is 46.2 Å². The van der Waals surface area contributed by atoms with Gasteiger partial charge in [0.2, 0.25) is 0 Å². The lowest BCUT2D eigenvalue weighted by molar-refractivity contribution is -0.145. The van der Waals surface area contributed by atoms with Crippen LogP contribution in [0.3, 0.4) is 0 Å². The van der Waals surface area contributed by atoms with Crippen molar-refractivity contribution in [3.8, 4) is 0 Å². The normalized spacial score (nSPS) is 10.9. The first-order chi connectivity index (χ1) is 11.3. The summed E-state index contributed by atoms with van der Waals surface area (Å²) >= 11 is 0. The summed E-state index contributed by atoms with van der Waals surface area (Å²) in [5, 5.41) is 0. The Morgan fingerprint density at radius 2 is 1.13 bits per heavy atom. The maximum absolute atomic E-state index is 11.3. The SMILES string of the molecule is CCCCCCOCCOCCOCCOC(=O)CCCCC. The zero-order valence-corrected chi connectivity index (χ0v) is 15.1. The Kier molecular flexibility index (Phi) is 18.8. The lowest BCUT2D eigenvalue weighted by atomic mass is 10.2. The second kappa shape index (κ2) is 19.4. The highest BCUT2D eigenvalue weighted by Gasteiger charge is 2.01. The predicted molar refractivity (Wildman–Crippen MR) is 91.7 cm³/mol. The topological polar surface area (TPSA) is 54.0 Å². The van der Waals surface area contributed by atoms with Gasteiger partial charge in [-0.15, -0.1) is 0 Å². The summed E-state index contributed by atoms with van der Waals surface area (Å²) in [6, 6.07) is 0. The fourth-order valence-electron chi connectivity index (χ4n) is 1.98. The van der Waals surface area contributed by atoms with Crippen LogP contribution in [0, 0.1) is 0 Å². The van der Waals surface area contributed by atoms with Gasteiger partial charge in [-0.2, -0.15) is 0 Å². The maximum atomic E-state index is 11.3. The number of esters is 1. The number of hydrogen-bond acceptors (Lipinski definition) is 5. The van der Waals surface area contributed by atoms with E-state index in [0.29, 0.717) is 46.1 Å². The maximum Gasteiger partial charge on any atom is 0.305 e. The average molecular weight is 332 g/mol. The van der Waals surface area contributed by atoms with E-state index in [1.807, 2.05) is 0 Å². The first-order valence-electron chi connectivity index (χ1n) is 9.20. The smallest absolute Gasteiger partial charge is 0.305 e. The Balaban J connectivity index is 3.06. The van der Waals surface area contributed by atoms with E-state index in [0.717, 1.165) is 32.3 Å². The number of carbonyl (C=O) groups is 1. The first-order valence-corrected chi connectivity index (χ1v) is 9.20. The first kappa shape index (κ1) is 22.4. The molecule has 0 bridgehead atoms. The van der Waals surface area contributed by atoms with Gasteiger partial charge in [0.15, 0.2) is 0 Å². The van der Waals surface area contributed by atoms with Crippen LogP contribution in [0.5, 0.6) is 0 Å². The highest BCUT2D eigenvalue weighted by atomic mass is 16.6. The van der Waals surface area contributed by atoms with Crippen molar-refractivity contribution in [3.63, 3.8) is 0 Å². The van der Waals surface area contributed by atoms with Gasteiger partial charge in [0.1, 0.15) is 6.61 Å². The van der Waals surface area contributed by atoms with E-state index < -0.39 is 0 Å². The third kappa shape index (κ3) is 19.3. The fourth-order valence-corrected chi connectivity index (χ4v) is 1.98. The van der Waals surface area contributed by atoms with E-state index in [9.17, 15) is 4.79 Å². The van der Waals surface area contributed by atoms with Gasteiger partial charge in [0.25, 0.3) is 0 Å². The molecule has 0 rings (SSSR count). The highest BCUT2D eigenvalue weighted by Crippen LogP contribution is 2.00. The third-order valence-electron chi connectivity index (χ3n) is 3.36. The summed E-state index contributed by atoms with van der Waals surface area (Å²) in [6.07, 6.45) is 8.51. The number of unbranched alkanes of at least 4 members (excludes halogenated alkanes) is 5. The highest BCUT2D eigenvalue weighted by molar-refractivity contribution is 5.69. The molecule has 5 nitrogen and oxygen atoms in total. The Bertz CT molecular complexity index is 246. The molecule has 0 atom stereocenters. The molecule has 23 heavy (non-hydrogen) atoms. The van der Waals surface area contributed by atoms with Crippen LogP contribution < -0.4 is 0 Å². The molecule has 138 valence electrons. The minimum atomic E-state index is -0.130. The number of hydrogen-bond donors (Lipinski definition) is 0. The van der Waals surface area contributed by atoms with Crippen LogP contribution in [0.2, 0.25) is 0 Å². The molecule has 0 aliphatic heterocycles. The van der Waals surface area contributed by atoms with Crippen LogP contribution in [0.4, 0.5) is 0 Å². The van der Waals surface area contributed by atoms with Gasteiger partial charge in [0.05, 0.1) is 33.0 Å². The molecule has 0 unspecified atom stereocenters. The zero-order chi connectivity index (χ0) is 17.0. The number of ether oxygens (including phenoxy) is 4. The van der Waals surface area contributed by atoms with Gasteiger partial charge in [-0.3, -0.25) is 4.79 Å². The molecular formula is C18H36O5. The Morgan fingerprint density at radius 1 is 0.609 bits per heavy atom. The van der Waals surface area contributed by atoms with Crippen molar-refractivity contribution in [1.82, 2.24) is 0 Å². The van der Waals surface area contributed by atoms with Crippen molar-refractivity contribution >= 4 is 5.97 Å². The van der Waals surface area contributed by atoms with Gasteiger partial charge in [-0.05, 0) is 12.8 Å². The molecule has 0 aromatic carbocycles. The second-order valence-electron chi connectivity index (χ2n) is 5.58. The largest absolute Gasteiger partial charge is 0.463 e. The van der Waals surface area contributed by atoms with Crippen molar-refractivity contribution in [2.24, 2.45) is 0 Å². The summed E-state index contributed by atoms with van der Waals surface area (Å²) in [6.45, 7) is 8.19. The minimum absolute atomic E-state index is 0.130. The summed E-state index contributed by atoms with van der Waals surface area (Å²) in [5.74, 6) is -0.130. The van der Waals surface area contributed by atoms with Crippen molar-refractivity contribution in [2.45, 2.75) is 65.2 Å². The van der Waals surface area contributed by atoms with Gasteiger partial charge < -0.3 is 18.9 Å². The molecule has 0 radical (unpaired) electrons. The van der Waals surface area contributed by atoms with E-state index in [1.54, 1.807) is 0 Å². The second-order valence-corrected chi connectivity index (χ2v) is 5.58. The monoisotopic (exact) mass is 332 g/mol. The van der Waals surface area contributed by atoms with Gasteiger partial charge in [-0.25, -0.2) is 0 Å². The van der Waals surface area contributed by atoms with Crippen LogP contribution in [0.1, 0.15) is 65.2 Å². The molecule has 5 heteroatoms. The minimum Gasteiger partial charge on any atom is -0.463 e. The summed E-state index contributed by atoms with van der Waals surface area (Å²) in [4.78, 5) is 11.3. The zero-order valence-electron chi connectivity index (χ0n) is 15.1. The van der Waals surface area contributed by atoms with E-state index >= 15 is 0 Å². The molecule has 0 amide bonds. The van der Waals surface area contributed by atoms with E-state index in [2.05, 4.69) is 13.8 Å². The molecule has 0 fully saturated rings. The lowest BCUT2D eigenvalue weighted by Gasteiger charge is -2.07. The molecular weight excluding hydrogens is 296 g/mol. The summed E-state index contributed by atoms with van der Waals surface area (Å²) in [7, 11) is 0. The summed E-state index contributed by atoms with van der Waals surface area (Å²) < 4.78 is 21.3.